The van der Waals surface area contributed by atoms with Crippen LogP contribution in [0.4, 0.5) is 0 Å². The molecule has 2 heterocycles. The number of fused-ring (bicyclic) bond motifs is 2. The SMILES string of the molecule is CCCC(NC(=O)[C@@H]1Cc2ccc3cc2CN1C(=O)[C@H](C1CCCCC1)NC(=O)CCCCCCO3)C(O)C(=O)NCC(=O)OCc1ccccc1. The standard InChI is InChI=1S/C40H54N4O8/c1-2-13-32(37(47)39(49)41-24-35(46)52-26-27-14-7-5-8-15-27)42-38(48)33-23-29-19-20-31-22-30(29)25-44(33)40(50)36(28-16-9-6-10-17-28)43-34(45)18-11-3-4-12-21-51-31/h5,7-8,14-15,19-20,22,28,32-33,36-37,47H,2-4,6,9-13,16-18,21,23-26H2,1H3,(H,41,49)(H,42,48)(H,43,45)/t32?,33-,36-,37?/m0/s1. The van der Waals surface area contributed by atoms with E-state index >= 15 is 0 Å². The van der Waals surface area contributed by atoms with Gasteiger partial charge in [-0.2, -0.15) is 0 Å². The van der Waals surface area contributed by atoms with Gasteiger partial charge in [-0.15, -0.1) is 0 Å². The molecule has 12 heteroatoms. The molecule has 4 N–H and O–H groups in total. The van der Waals surface area contributed by atoms with Crippen LogP contribution in [0.1, 0.15) is 101 Å². The van der Waals surface area contributed by atoms with E-state index < -0.39 is 48.6 Å². The zero-order valence-electron chi connectivity index (χ0n) is 30.3. The van der Waals surface area contributed by atoms with E-state index in [1.807, 2.05) is 55.5 Å². The van der Waals surface area contributed by atoms with Crippen LogP contribution in [-0.4, -0.2) is 77.0 Å². The predicted octanol–water partition coefficient (Wildman–Crippen LogP) is 3.85. The van der Waals surface area contributed by atoms with Crippen molar-refractivity contribution in [2.45, 2.75) is 128 Å². The van der Waals surface area contributed by atoms with E-state index in [2.05, 4.69) is 16.0 Å². The summed E-state index contributed by atoms with van der Waals surface area (Å²) < 4.78 is 11.3. The number of nitrogens with one attached hydrogen (secondary N) is 3. The fraction of sp³-hybridized carbons (Fsp3) is 0.575. The van der Waals surface area contributed by atoms with Gasteiger partial charge >= 0.3 is 5.97 Å². The number of carbonyl (C=O) groups is 5. The molecule has 12 nitrogen and oxygen atoms in total. The highest BCUT2D eigenvalue weighted by Crippen LogP contribution is 2.32. The Morgan fingerprint density at radius 3 is 2.50 bits per heavy atom. The van der Waals surface area contributed by atoms with Crippen molar-refractivity contribution in [3.8, 4) is 5.75 Å². The molecule has 3 aliphatic rings. The molecule has 0 spiro atoms. The van der Waals surface area contributed by atoms with E-state index in [-0.39, 0.29) is 43.7 Å². The van der Waals surface area contributed by atoms with Crippen LogP contribution < -0.4 is 20.7 Å². The molecule has 2 aliphatic heterocycles. The third-order valence-electron chi connectivity index (χ3n) is 10.4. The maximum Gasteiger partial charge on any atom is 0.325 e. The van der Waals surface area contributed by atoms with Gasteiger partial charge in [0.1, 0.15) is 31.0 Å². The number of ether oxygens (including phenoxy) is 2. The van der Waals surface area contributed by atoms with E-state index in [0.29, 0.717) is 31.6 Å². The second-order valence-corrected chi connectivity index (χ2v) is 14.3. The van der Waals surface area contributed by atoms with Gasteiger partial charge in [0.15, 0.2) is 6.10 Å². The van der Waals surface area contributed by atoms with Crippen LogP contribution in [-0.2, 0) is 48.3 Å². The second-order valence-electron chi connectivity index (χ2n) is 14.3. The Hall–Kier alpha value is -4.45. The van der Waals surface area contributed by atoms with Gasteiger partial charge in [-0.1, -0.05) is 81.8 Å². The van der Waals surface area contributed by atoms with Crippen molar-refractivity contribution in [2.75, 3.05) is 13.2 Å². The molecule has 2 aromatic carbocycles. The van der Waals surface area contributed by atoms with Crippen LogP contribution in [0, 0.1) is 5.92 Å². The summed E-state index contributed by atoms with van der Waals surface area (Å²) in [5.41, 5.74) is 2.57. The molecule has 5 rings (SSSR count). The Balaban J connectivity index is 1.33. The van der Waals surface area contributed by atoms with Crippen LogP contribution in [0.5, 0.6) is 5.75 Å². The summed E-state index contributed by atoms with van der Waals surface area (Å²) in [6, 6.07) is 12.2. The number of esters is 1. The van der Waals surface area contributed by atoms with Crippen molar-refractivity contribution in [1.82, 2.24) is 20.9 Å². The lowest BCUT2D eigenvalue weighted by atomic mass is 9.82. The normalized spacial score (nSPS) is 21.3. The summed E-state index contributed by atoms with van der Waals surface area (Å²) in [6.45, 7) is 2.16. The Morgan fingerprint density at radius 1 is 0.981 bits per heavy atom. The summed E-state index contributed by atoms with van der Waals surface area (Å²) in [5, 5.41) is 19.5. The molecular formula is C40H54N4O8. The fourth-order valence-electron chi connectivity index (χ4n) is 7.46. The number of carbonyl (C=O) groups excluding carboxylic acids is 5. The Morgan fingerprint density at radius 2 is 1.73 bits per heavy atom. The number of rotatable bonds is 11. The van der Waals surface area contributed by atoms with Gasteiger partial charge in [-0.25, -0.2) is 0 Å². The Labute approximate surface area is 306 Å². The molecule has 0 saturated heterocycles. The maximum absolute atomic E-state index is 14.6. The third kappa shape index (κ3) is 10.8. The Bertz CT molecular complexity index is 1530. The Kier molecular flexibility index (Phi) is 14.5. The lowest BCUT2D eigenvalue weighted by Gasteiger charge is -2.41. The van der Waals surface area contributed by atoms with Crippen molar-refractivity contribution in [3.63, 3.8) is 0 Å². The van der Waals surface area contributed by atoms with Gasteiger partial charge in [-0.05, 0) is 66.8 Å². The van der Waals surface area contributed by atoms with E-state index in [0.717, 1.165) is 68.1 Å². The highest BCUT2D eigenvalue weighted by Gasteiger charge is 2.42. The van der Waals surface area contributed by atoms with Gasteiger partial charge in [0.2, 0.25) is 17.7 Å². The minimum atomic E-state index is -1.65. The van der Waals surface area contributed by atoms with Crippen molar-refractivity contribution in [3.05, 3.63) is 65.2 Å². The first-order chi connectivity index (χ1) is 25.2. The number of hydrogen-bond donors (Lipinski definition) is 4. The number of benzene rings is 2. The van der Waals surface area contributed by atoms with E-state index in [4.69, 9.17) is 9.47 Å². The van der Waals surface area contributed by atoms with E-state index in [1.54, 1.807) is 4.90 Å². The fourth-order valence-corrected chi connectivity index (χ4v) is 7.46. The minimum absolute atomic E-state index is 0.0402. The van der Waals surface area contributed by atoms with Crippen LogP contribution in [0.3, 0.4) is 0 Å². The average molecular weight is 719 g/mol. The second kappa shape index (κ2) is 19.4. The molecule has 1 aliphatic carbocycles. The van der Waals surface area contributed by atoms with Crippen LogP contribution in [0.15, 0.2) is 48.5 Å². The molecular weight excluding hydrogens is 664 g/mol. The number of amides is 4. The molecule has 0 radical (unpaired) electrons. The summed E-state index contributed by atoms with van der Waals surface area (Å²) in [5.74, 6) is -1.78. The first-order valence-electron chi connectivity index (χ1n) is 19.0. The zero-order chi connectivity index (χ0) is 36.9. The molecule has 282 valence electrons. The largest absolute Gasteiger partial charge is 0.494 e. The summed E-state index contributed by atoms with van der Waals surface area (Å²) in [6.07, 6.45) is 7.79. The van der Waals surface area contributed by atoms with Crippen molar-refractivity contribution in [1.29, 1.82) is 0 Å². The monoisotopic (exact) mass is 718 g/mol. The summed E-state index contributed by atoms with van der Waals surface area (Å²) in [7, 11) is 0. The molecule has 3 bridgehead atoms. The maximum atomic E-state index is 14.6. The topological polar surface area (TPSA) is 163 Å². The molecule has 4 amide bonds. The molecule has 4 atom stereocenters. The lowest BCUT2D eigenvalue weighted by Crippen LogP contribution is -2.61. The number of hydrogen-bond acceptors (Lipinski definition) is 8. The molecule has 1 fully saturated rings. The van der Waals surface area contributed by atoms with Gasteiger partial charge in [0.05, 0.1) is 12.6 Å². The van der Waals surface area contributed by atoms with Crippen LogP contribution in [0.25, 0.3) is 0 Å². The molecule has 52 heavy (non-hydrogen) atoms. The first kappa shape index (κ1) is 38.8. The van der Waals surface area contributed by atoms with Gasteiger partial charge in [-0.3, -0.25) is 24.0 Å². The smallest absolute Gasteiger partial charge is 0.325 e. The molecule has 0 aromatic heterocycles. The highest BCUT2D eigenvalue weighted by atomic mass is 16.5. The predicted molar refractivity (Wildman–Crippen MR) is 194 cm³/mol. The molecule has 2 aromatic rings. The molecule has 1 saturated carbocycles. The number of aliphatic hydroxyl groups excluding tert-OH is 1. The zero-order valence-corrected chi connectivity index (χ0v) is 30.3. The van der Waals surface area contributed by atoms with Gasteiger partial charge in [0.25, 0.3) is 5.91 Å². The first-order valence-corrected chi connectivity index (χ1v) is 19.0. The van der Waals surface area contributed by atoms with E-state index in [1.165, 1.54) is 0 Å². The highest BCUT2D eigenvalue weighted by molar-refractivity contribution is 5.93. The summed E-state index contributed by atoms with van der Waals surface area (Å²) >= 11 is 0. The third-order valence-corrected chi connectivity index (χ3v) is 10.4. The van der Waals surface area contributed by atoms with E-state index in [9.17, 15) is 29.1 Å². The van der Waals surface area contributed by atoms with Gasteiger partial charge < -0.3 is 35.4 Å². The van der Waals surface area contributed by atoms with Crippen LogP contribution in [0.2, 0.25) is 0 Å². The van der Waals surface area contributed by atoms with Crippen molar-refractivity contribution < 1.29 is 38.6 Å². The molecule has 2 unspecified atom stereocenters. The van der Waals surface area contributed by atoms with Gasteiger partial charge in [0, 0.05) is 19.4 Å². The minimum Gasteiger partial charge on any atom is -0.494 e. The lowest BCUT2D eigenvalue weighted by molar-refractivity contribution is -0.147. The number of aliphatic hydroxyl groups is 1. The summed E-state index contributed by atoms with van der Waals surface area (Å²) in [4.78, 5) is 69.0. The average Bonchev–Trinajstić information content (AvgIpc) is 3.16. The van der Waals surface area contributed by atoms with Crippen molar-refractivity contribution in [2.24, 2.45) is 5.92 Å². The number of nitrogens with zero attached hydrogens (tertiary/aromatic N) is 1. The van der Waals surface area contributed by atoms with Crippen molar-refractivity contribution >= 4 is 29.6 Å². The quantitative estimate of drug-likeness (QED) is 0.255. The van der Waals surface area contributed by atoms with Crippen LogP contribution >= 0.6 is 0 Å².